The molecular formula is C16H18S. The molecule has 0 N–H and O–H groups in total. The first kappa shape index (κ1) is 12.3. The minimum Gasteiger partial charge on any atom is -0.143 e. The number of rotatable bonds is 3. The molecule has 1 atom stereocenters. The quantitative estimate of drug-likeness (QED) is 0.706. The first-order valence-electron chi connectivity index (χ1n) is 6.11. The minimum atomic E-state index is 0.583. The molecule has 0 aliphatic rings. The van der Waals surface area contributed by atoms with E-state index in [-0.39, 0.29) is 0 Å². The van der Waals surface area contributed by atoms with Gasteiger partial charge in [-0.1, -0.05) is 56.3 Å². The highest BCUT2D eigenvalue weighted by Gasteiger charge is 2.11. The summed E-state index contributed by atoms with van der Waals surface area (Å²) in [6, 6.07) is 16.9. The second-order valence-corrected chi connectivity index (χ2v) is 4.90. The third-order valence-electron chi connectivity index (χ3n) is 3.30. The number of benzene rings is 2. The SMILES string of the molecule is CCC(C)c1ccccc1-c1ccccc1S. The standard InChI is InChI=1S/C16H18S/c1-3-12(2)13-8-4-5-9-14(13)15-10-6-7-11-16(15)17/h4-12,17H,3H2,1-2H3. The maximum Gasteiger partial charge on any atom is 0.0119 e. The molecule has 0 saturated carbocycles. The molecule has 1 heteroatoms. The van der Waals surface area contributed by atoms with Gasteiger partial charge in [0.25, 0.3) is 0 Å². The van der Waals surface area contributed by atoms with Crippen LogP contribution in [0.1, 0.15) is 31.7 Å². The first-order valence-corrected chi connectivity index (χ1v) is 6.56. The van der Waals surface area contributed by atoms with E-state index < -0.39 is 0 Å². The fourth-order valence-corrected chi connectivity index (χ4v) is 2.37. The van der Waals surface area contributed by atoms with Gasteiger partial charge in [0.05, 0.1) is 0 Å². The van der Waals surface area contributed by atoms with Crippen molar-refractivity contribution in [3.8, 4) is 11.1 Å². The van der Waals surface area contributed by atoms with Gasteiger partial charge in [0.2, 0.25) is 0 Å². The predicted octanol–water partition coefficient (Wildman–Crippen LogP) is 5.16. The third kappa shape index (κ3) is 2.55. The van der Waals surface area contributed by atoms with Gasteiger partial charge in [0, 0.05) is 4.90 Å². The van der Waals surface area contributed by atoms with Crippen LogP contribution < -0.4 is 0 Å². The Hall–Kier alpha value is -1.21. The summed E-state index contributed by atoms with van der Waals surface area (Å²) >= 11 is 4.55. The van der Waals surface area contributed by atoms with E-state index >= 15 is 0 Å². The van der Waals surface area contributed by atoms with E-state index in [0.717, 1.165) is 11.3 Å². The highest BCUT2D eigenvalue weighted by atomic mass is 32.1. The van der Waals surface area contributed by atoms with Crippen LogP contribution in [0.5, 0.6) is 0 Å². The molecule has 2 aromatic rings. The predicted molar refractivity (Wildman–Crippen MR) is 77.8 cm³/mol. The van der Waals surface area contributed by atoms with Crippen LogP contribution in [0.25, 0.3) is 11.1 Å². The molecule has 17 heavy (non-hydrogen) atoms. The summed E-state index contributed by atoms with van der Waals surface area (Å²) < 4.78 is 0. The maximum absolute atomic E-state index is 4.55. The summed E-state index contributed by atoms with van der Waals surface area (Å²) in [4.78, 5) is 1.04. The lowest BCUT2D eigenvalue weighted by molar-refractivity contribution is 0.735. The molecule has 0 aliphatic heterocycles. The van der Waals surface area contributed by atoms with Gasteiger partial charge < -0.3 is 0 Å². The second kappa shape index (κ2) is 5.42. The minimum absolute atomic E-state index is 0.583. The fraction of sp³-hybridized carbons (Fsp3) is 0.250. The first-order chi connectivity index (χ1) is 8.24. The Morgan fingerprint density at radius 2 is 1.53 bits per heavy atom. The number of hydrogen-bond acceptors (Lipinski definition) is 1. The third-order valence-corrected chi connectivity index (χ3v) is 3.69. The highest BCUT2D eigenvalue weighted by Crippen LogP contribution is 2.33. The molecule has 0 spiro atoms. The van der Waals surface area contributed by atoms with Crippen LogP contribution in [0, 0.1) is 0 Å². The molecule has 0 nitrogen and oxygen atoms in total. The van der Waals surface area contributed by atoms with Crippen molar-refractivity contribution in [3.05, 3.63) is 54.1 Å². The van der Waals surface area contributed by atoms with Crippen molar-refractivity contribution in [2.45, 2.75) is 31.1 Å². The van der Waals surface area contributed by atoms with Gasteiger partial charge in [-0.05, 0) is 35.1 Å². The molecule has 0 amide bonds. The second-order valence-electron chi connectivity index (χ2n) is 4.41. The van der Waals surface area contributed by atoms with E-state index in [1.165, 1.54) is 16.7 Å². The zero-order chi connectivity index (χ0) is 12.3. The van der Waals surface area contributed by atoms with Gasteiger partial charge in [-0.2, -0.15) is 0 Å². The maximum atomic E-state index is 4.55. The molecule has 0 aromatic heterocycles. The molecule has 0 radical (unpaired) electrons. The highest BCUT2D eigenvalue weighted by molar-refractivity contribution is 7.80. The number of thiol groups is 1. The van der Waals surface area contributed by atoms with E-state index in [4.69, 9.17) is 0 Å². The number of hydrogen-bond donors (Lipinski definition) is 1. The van der Waals surface area contributed by atoms with Crippen LogP contribution in [0.2, 0.25) is 0 Å². The van der Waals surface area contributed by atoms with Gasteiger partial charge >= 0.3 is 0 Å². The summed E-state index contributed by atoms with van der Waals surface area (Å²) in [6.07, 6.45) is 1.16. The Kier molecular flexibility index (Phi) is 3.90. The molecule has 2 aromatic carbocycles. The Labute approximate surface area is 109 Å². The Morgan fingerprint density at radius 3 is 2.18 bits per heavy atom. The van der Waals surface area contributed by atoms with Crippen LogP contribution in [0.4, 0.5) is 0 Å². The normalized spacial score (nSPS) is 12.4. The molecule has 2 rings (SSSR count). The zero-order valence-electron chi connectivity index (χ0n) is 10.4. The summed E-state index contributed by atoms with van der Waals surface area (Å²) in [5.74, 6) is 0.583. The van der Waals surface area contributed by atoms with Crippen LogP contribution in [-0.4, -0.2) is 0 Å². The fourth-order valence-electron chi connectivity index (χ4n) is 2.09. The van der Waals surface area contributed by atoms with E-state index in [1.54, 1.807) is 0 Å². The smallest absolute Gasteiger partial charge is 0.0119 e. The van der Waals surface area contributed by atoms with Gasteiger partial charge in [-0.3, -0.25) is 0 Å². The lowest BCUT2D eigenvalue weighted by Gasteiger charge is -2.16. The van der Waals surface area contributed by atoms with E-state index in [0.29, 0.717) is 5.92 Å². The molecule has 0 aliphatic carbocycles. The molecule has 0 fully saturated rings. The van der Waals surface area contributed by atoms with Gasteiger partial charge in [0.1, 0.15) is 0 Å². The summed E-state index contributed by atoms with van der Waals surface area (Å²) in [7, 11) is 0. The van der Waals surface area contributed by atoms with Crippen molar-refractivity contribution in [3.63, 3.8) is 0 Å². The van der Waals surface area contributed by atoms with Crippen molar-refractivity contribution >= 4 is 12.6 Å². The van der Waals surface area contributed by atoms with Crippen LogP contribution in [0.15, 0.2) is 53.4 Å². The van der Waals surface area contributed by atoms with E-state index in [1.807, 2.05) is 12.1 Å². The molecular weight excluding hydrogens is 224 g/mol. The zero-order valence-corrected chi connectivity index (χ0v) is 11.2. The monoisotopic (exact) mass is 242 g/mol. The van der Waals surface area contributed by atoms with E-state index in [2.05, 4.69) is 62.9 Å². The van der Waals surface area contributed by atoms with Crippen molar-refractivity contribution in [2.24, 2.45) is 0 Å². The van der Waals surface area contributed by atoms with Crippen LogP contribution in [0.3, 0.4) is 0 Å². The van der Waals surface area contributed by atoms with Gasteiger partial charge in [-0.25, -0.2) is 0 Å². The molecule has 0 saturated heterocycles. The topological polar surface area (TPSA) is 0 Å². The van der Waals surface area contributed by atoms with Crippen LogP contribution >= 0.6 is 12.6 Å². The Morgan fingerprint density at radius 1 is 0.941 bits per heavy atom. The van der Waals surface area contributed by atoms with Crippen molar-refractivity contribution in [1.29, 1.82) is 0 Å². The lowest BCUT2D eigenvalue weighted by atomic mass is 9.90. The summed E-state index contributed by atoms with van der Waals surface area (Å²) in [6.45, 7) is 4.51. The van der Waals surface area contributed by atoms with Crippen LogP contribution in [-0.2, 0) is 0 Å². The van der Waals surface area contributed by atoms with Crippen molar-refractivity contribution in [1.82, 2.24) is 0 Å². The molecule has 0 heterocycles. The van der Waals surface area contributed by atoms with E-state index in [9.17, 15) is 0 Å². The molecule has 88 valence electrons. The average Bonchev–Trinajstić information content (AvgIpc) is 2.38. The molecule has 0 bridgehead atoms. The summed E-state index contributed by atoms with van der Waals surface area (Å²) in [5, 5.41) is 0. The lowest BCUT2D eigenvalue weighted by Crippen LogP contribution is -1.95. The molecule has 1 unspecified atom stereocenters. The average molecular weight is 242 g/mol. The van der Waals surface area contributed by atoms with Gasteiger partial charge in [-0.15, -0.1) is 12.6 Å². The van der Waals surface area contributed by atoms with Crippen molar-refractivity contribution < 1.29 is 0 Å². The van der Waals surface area contributed by atoms with Gasteiger partial charge in [0.15, 0.2) is 0 Å². The summed E-state index contributed by atoms with van der Waals surface area (Å²) in [5.41, 5.74) is 3.95. The largest absolute Gasteiger partial charge is 0.143 e. The Balaban J connectivity index is 2.56. The Bertz CT molecular complexity index is 502. The van der Waals surface area contributed by atoms with Crippen molar-refractivity contribution in [2.75, 3.05) is 0 Å².